The number of ether oxygens (including phenoxy) is 2. The predicted octanol–water partition coefficient (Wildman–Crippen LogP) is 3.70. The number of methoxy groups -OCH3 is 2. The minimum atomic E-state index is -0.229. The molecule has 0 spiro atoms. The average Bonchev–Trinajstić information content (AvgIpc) is 2.53. The van der Waals surface area contributed by atoms with Gasteiger partial charge in [0.15, 0.2) is 0 Å². The van der Waals surface area contributed by atoms with Gasteiger partial charge in [-0.2, -0.15) is 0 Å². The Hall–Kier alpha value is -2.29. The lowest BCUT2D eigenvalue weighted by molar-refractivity contribution is -0.140. The molecule has 0 radical (unpaired) electrons. The summed E-state index contributed by atoms with van der Waals surface area (Å²) < 4.78 is 10.3. The molecular weight excluding hydrogens is 264 g/mol. The van der Waals surface area contributed by atoms with Crippen LogP contribution >= 0.6 is 0 Å². The summed E-state index contributed by atoms with van der Waals surface area (Å²) >= 11 is 0. The van der Waals surface area contributed by atoms with Gasteiger partial charge in [0.25, 0.3) is 0 Å². The molecule has 0 saturated carbocycles. The number of rotatable bonds is 5. The Balaban J connectivity index is 2.49. The van der Waals surface area contributed by atoms with Gasteiger partial charge in [-0.05, 0) is 18.6 Å². The van der Waals surface area contributed by atoms with Crippen LogP contribution in [0.2, 0.25) is 0 Å². The van der Waals surface area contributed by atoms with E-state index in [1.165, 1.54) is 7.11 Å². The van der Waals surface area contributed by atoms with Crippen molar-refractivity contribution in [3.05, 3.63) is 65.2 Å². The SMILES string of the molecule is COC(=O)CC(c1ccccc1)c1cc(C)ccc1OC. The van der Waals surface area contributed by atoms with E-state index in [0.717, 1.165) is 22.4 Å². The molecule has 1 unspecified atom stereocenters. The van der Waals surface area contributed by atoms with Crippen molar-refractivity contribution in [2.75, 3.05) is 14.2 Å². The molecule has 0 fully saturated rings. The minimum absolute atomic E-state index is 0.0755. The Morgan fingerprint density at radius 3 is 2.43 bits per heavy atom. The highest BCUT2D eigenvalue weighted by atomic mass is 16.5. The maximum absolute atomic E-state index is 11.8. The van der Waals surface area contributed by atoms with E-state index in [2.05, 4.69) is 6.07 Å². The summed E-state index contributed by atoms with van der Waals surface area (Å²) in [4.78, 5) is 11.8. The normalized spacial score (nSPS) is 11.8. The Morgan fingerprint density at radius 2 is 1.81 bits per heavy atom. The van der Waals surface area contributed by atoms with Crippen molar-refractivity contribution in [3.63, 3.8) is 0 Å². The van der Waals surface area contributed by atoms with Crippen molar-refractivity contribution >= 4 is 5.97 Å². The Labute approximate surface area is 125 Å². The summed E-state index contributed by atoms with van der Waals surface area (Å²) in [5.41, 5.74) is 3.22. The van der Waals surface area contributed by atoms with E-state index in [-0.39, 0.29) is 11.9 Å². The maximum Gasteiger partial charge on any atom is 0.306 e. The number of benzene rings is 2. The largest absolute Gasteiger partial charge is 0.496 e. The molecule has 0 heterocycles. The summed E-state index contributed by atoms with van der Waals surface area (Å²) in [7, 11) is 3.06. The summed E-state index contributed by atoms with van der Waals surface area (Å²) in [6, 6.07) is 16.0. The summed E-state index contributed by atoms with van der Waals surface area (Å²) in [6.07, 6.45) is 0.292. The van der Waals surface area contributed by atoms with Gasteiger partial charge in [0.05, 0.1) is 20.6 Å². The van der Waals surface area contributed by atoms with E-state index in [0.29, 0.717) is 6.42 Å². The van der Waals surface area contributed by atoms with Crippen LogP contribution in [-0.4, -0.2) is 20.2 Å². The van der Waals surface area contributed by atoms with Crippen molar-refractivity contribution in [2.24, 2.45) is 0 Å². The molecule has 2 aromatic carbocycles. The van der Waals surface area contributed by atoms with Gasteiger partial charge in [-0.15, -0.1) is 0 Å². The first kappa shape index (κ1) is 15.1. The first-order chi connectivity index (χ1) is 10.2. The van der Waals surface area contributed by atoms with Crippen LogP contribution in [0, 0.1) is 6.92 Å². The number of esters is 1. The first-order valence-corrected chi connectivity index (χ1v) is 6.92. The number of hydrogen-bond acceptors (Lipinski definition) is 3. The molecule has 0 aliphatic carbocycles. The van der Waals surface area contributed by atoms with Gasteiger partial charge >= 0.3 is 5.97 Å². The van der Waals surface area contributed by atoms with Gasteiger partial charge in [-0.1, -0.05) is 48.0 Å². The van der Waals surface area contributed by atoms with Crippen molar-refractivity contribution in [1.29, 1.82) is 0 Å². The van der Waals surface area contributed by atoms with Crippen LogP contribution in [0.15, 0.2) is 48.5 Å². The zero-order chi connectivity index (χ0) is 15.2. The third-order valence-electron chi connectivity index (χ3n) is 3.56. The molecule has 0 aromatic heterocycles. The zero-order valence-corrected chi connectivity index (χ0v) is 12.6. The van der Waals surface area contributed by atoms with Gasteiger partial charge in [0.1, 0.15) is 5.75 Å². The zero-order valence-electron chi connectivity index (χ0n) is 12.6. The monoisotopic (exact) mass is 284 g/mol. The second-order valence-electron chi connectivity index (χ2n) is 4.99. The quantitative estimate of drug-likeness (QED) is 0.785. The highest BCUT2D eigenvalue weighted by Gasteiger charge is 2.22. The van der Waals surface area contributed by atoms with E-state index in [4.69, 9.17) is 9.47 Å². The van der Waals surface area contributed by atoms with Crippen molar-refractivity contribution in [1.82, 2.24) is 0 Å². The number of carbonyl (C=O) groups is 1. The standard InChI is InChI=1S/C18H20O3/c1-13-9-10-17(20-2)16(11-13)15(12-18(19)21-3)14-7-5-4-6-8-14/h4-11,15H,12H2,1-3H3. The van der Waals surface area contributed by atoms with E-state index < -0.39 is 0 Å². The predicted molar refractivity (Wildman–Crippen MR) is 82.6 cm³/mol. The van der Waals surface area contributed by atoms with Crippen LogP contribution in [0.1, 0.15) is 29.0 Å². The molecule has 0 saturated heterocycles. The number of aryl methyl sites for hydroxylation is 1. The highest BCUT2D eigenvalue weighted by Crippen LogP contribution is 2.35. The molecular formula is C18H20O3. The Kier molecular flexibility index (Phi) is 4.99. The van der Waals surface area contributed by atoms with Crippen LogP contribution in [0.3, 0.4) is 0 Å². The van der Waals surface area contributed by atoms with Gasteiger partial charge in [-0.3, -0.25) is 4.79 Å². The highest BCUT2D eigenvalue weighted by molar-refractivity contribution is 5.71. The van der Waals surface area contributed by atoms with Gasteiger partial charge in [0, 0.05) is 11.5 Å². The molecule has 0 aliphatic rings. The fourth-order valence-corrected chi connectivity index (χ4v) is 2.47. The molecule has 0 bridgehead atoms. The average molecular weight is 284 g/mol. The molecule has 0 amide bonds. The smallest absolute Gasteiger partial charge is 0.306 e. The molecule has 1 atom stereocenters. The molecule has 21 heavy (non-hydrogen) atoms. The van der Waals surface area contributed by atoms with E-state index >= 15 is 0 Å². The second-order valence-corrected chi connectivity index (χ2v) is 4.99. The van der Waals surface area contributed by atoms with Gasteiger partial charge in [0.2, 0.25) is 0 Å². The molecule has 0 aliphatic heterocycles. The lowest BCUT2D eigenvalue weighted by atomic mass is 9.87. The maximum atomic E-state index is 11.8. The molecule has 2 aromatic rings. The molecule has 3 nitrogen and oxygen atoms in total. The Morgan fingerprint density at radius 1 is 1.10 bits per heavy atom. The fraction of sp³-hybridized carbons (Fsp3) is 0.278. The van der Waals surface area contributed by atoms with E-state index in [9.17, 15) is 4.79 Å². The minimum Gasteiger partial charge on any atom is -0.496 e. The third-order valence-corrected chi connectivity index (χ3v) is 3.56. The van der Waals surface area contributed by atoms with Crippen LogP contribution in [0.25, 0.3) is 0 Å². The van der Waals surface area contributed by atoms with Crippen LogP contribution < -0.4 is 4.74 Å². The summed E-state index contributed by atoms with van der Waals surface area (Å²) in [6.45, 7) is 2.03. The lowest BCUT2D eigenvalue weighted by Crippen LogP contribution is -2.11. The molecule has 2 rings (SSSR count). The van der Waals surface area contributed by atoms with Gasteiger partial charge < -0.3 is 9.47 Å². The van der Waals surface area contributed by atoms with E-state index in [1.54, 1.807) is 7.11 Å². The molecule has 3 heteroatoms. The van der Waals surface area contributed by atoms with Crippen LogP contribution in [0.4, 0.5) is 0 Å². The summed E-state index contributed by atoms with van der Waals surface area (Å²) in [5, 5.41) is 0. The Bertz CT molecular complexity index is 605. The van der Waals surface area contributed by atoms with Crippen molar-refractivity contribution in [2.45, 2.75) is 19.3 Å². The van der Waals surface area contributed by atoms with Gasteiger partial charge in [-0.25, -0.2) is 0 Å². The van der Waals surface area contributed by atoms with E-state index in [1.807, 2.05) is 49.4 Å². The third kappa shape index (κ3) is 3.63. The summed E-state index contributed by atoms with van der Waals surface area (Å²) in [5.74, 6) is 0.485. The van der Waals surface area contributed by atoms with Crippen molar-refractivity contribution in [3.8, 4) is 5.75 Å². The first-order valence-electron chi connectivity index (χ1n) is 6.92. The molecule has 0 N–H and O–H groups in total. The topological polar surface area (TPSA) is 35.5 Å². The number of hydrogen-bond donors (Lipinski definition) is 0. The second kappa shape index (κ2) is 6.93. The molecule has 110 valence electrons. The lowest BCUT2D eigenvalue weighted by Gasteiger charge is -2.20. The van der Waals surface area contributed by atoms with Crippen molar-refractivity contribution < 1.29 is 14.3 Å². The number of carbonyl (C=O) groups excluding carboxylic acids is 1. The van der Waals surface area contributed by atoms with Crippen LogP contribution in [-0.2, 0) is 9.53 Å². The van der Waals surface area contributed by atoms with Crippen LogP contribution in [0.5, 0.6) is 5.75 Å². The fourth-order valence-electron chi connectivity index (χ4n) is 2.47.